The Balaban J connectivity index is 2.78. The highest BCUT2D eigenvalue weighted by molar-refractivity contribution is 5.89. The summed E-state index contributed by atoms with van der Waals surface area (Å²) in [7, 11) is 0. The van der Waals surface area contributed by atoms with Crippen molar-refractivity contribution >= 4 is 5.78 Å². The van der Waals surface area contributed by atoms with Gasteiger partial charge in [0.2, 0.25) is 0 Å². The minimum atomic E-state index is -1.53. The molecule has 1 nitrogen and oxygen atoms in total. The van der Waals surface area contributed by atoms with Gasteiger partial charge in [-0.2, -0.15) is 0 Å². The van der Waals surface area contributed by atoms with E-state index in [1.165, 1.54) is 6.92 Å². The molecular formula is C7H11FO. The predicted octanol–water partition coefficient (Wildman–Crippen LogP) is 1.71. The largest absolute Gasteiger partial charge is 0.296 e. The van der Waals surface area contributed by atoms with Gasteiger partial charge in [0, 0.05) is 6.42 Å². The molecule has 0 aliphatic heterocycles. The second kappa shape index (κ2) is 1.79. The lowest BCUT2D eigenvalue weighted by Gasteiger charge is -2.15. The summed E-state index contributed by atoms with van der Waals surface area (Å²) in [6.07, 6.45) is 1.14. The molecule has 0 spiro atoms. The molecular weight excluding hydrogens is 119 g/mol. The highest BCUT2D eigenvalue weighted by Gasteiger charge is 2.43. The summed E-state index contributed by atoms with van der Waals surface area (Å²) in [5.74, 6) is -0.306. The highest BCUT2D eigenvalue weighted by Crippen LogP contribution is 2.34. The van der Waals surface area contributed by atoms with Crippen LogP contribution in [0.25, 0.3) is 0 Å². The molecule has 0 aromatic carbocycles. The Bertz CT molecular complexity index is 140. The van der Waals surface area contributed by atoms with Crippen LogP contribution >= 0.6 is 0 Å². The van der Waals surface area contributed by atoms with Crippen LogP contribution in [0.1, 0.15) is 26.7 Å². The monoisotopic (exact) mass is 130 g/mol. The molecule has 9 heavy (non-hydrogen) atoms. The average Bonchev–Trinajstić information content (AvgIpc) is 1.96. The van der Waals surface area contributed by atoms with Crippen LogP contribution in [0.15, 0.2) is 0 Å². The van der Waals surface area contributed by atoms with Gasteiger partial charge >= 0.3 is 0 Å². The second-order valence-electron chi connectivity index (χ2n) is 2.94. The number of ketones is 1. The van der Waals surface area contributed by atoms with Crippen LogP contribution in [-0.4, -0.2) is 11.5 Å². The molecule has 0 aromatic rings. The summed E-state index contributed by atoms with van der Waals surface area (Å²) in [5.41, 5.74) is -1.53. The lowest BCUT2D eigenvalue weighted by Crippen LogP contribution is -2.29. The first kappa shape index (κ1) is 6.72. The Morgan fingerprint density at radius 1 is 1.78 bits per heavy atom. The van der Waals surface area contributed by atoms with Crippen molar-refractivity contribution in [1.82, 2.24) is 0 Å². The number of hydrogen-bond donors (Lipinski definition) is 0. The fourth-order valence-corrected chi connectivity index (χ4v) is 1.14. The molecule has 1 aliphatic rings. The molecule has 2 heteroatoms. The van der Waals surface area contributed by atoms with E-state index in [-0.39, 0.29) is 11.7 Å². The second-order valence-corrected chi connectivity index (χ2v) is 2.94. The van der Waals surface area contributed by atoms with Gasteiger partial charge in [0.05, 0.1) is 0 Å². The van der Waals surface area contributed by atoms with E-state index in [1.807, 2.05) is 0 Å². The van der Waals surface area contributed by atoms with Crippen molar-refractivity contribution in [3.63, 3.8) is 0 Å². The number of alkyl halides is 1. The summed E-state index contributed by atoms with van der Waals surface area (Å²) in [4.78, 5) is 10.7. The maximum absolute atomic E-state index is 13.0. The molecule has 0 amide bonds. The molecule has 2 atom stereocenters. The lowest BCUT2D eigenvalue weighted by molar-refractivity contribution is -0.127. The molecule has 0 aromatic heterocycles. The third kappa shape index (κ3) is 0.865. The average molecular weight is 130 g/mol. The normalized spacial score (nSPS) is 43.9. The van der Waals surface area contributed by atoms with E-state index in [0.29, 0.717) is 12.8 Å². The fraction of sp³-hybridized carbons (Fsp3) is 0.857. The van der Waals surface area contributed by atoms with Gasteiger partial charge in [-0.1, -0.05) is 6.92 Å². The Morgan fingerprint density at radius 3 is 2.44 bits per heavy atom. The van der Waals surface area contributed by atoms with Crippen LogP contribution in [0.3, 0.4) is 0 Å². The lowest BCUT2D eigenvalue weighted by atomic mass is 9.97. The molecule has 52 valence electrons. The van der Waals surface area contributed by atoms with Gasteiger partial charge in [-0.3, -0.25) is 4.79 Å². The van der Waals surface area contributed by atoms with E-state index in [0.717, 1.165) is 0 Å². The molecule has 0 unspecified atom stereocenters. The van der Waals surface area contributed by atoms with Crippen molar-refractivity contribution < 1.29 is 9.18 Å². The third-order valence-corrected chi connectivity index (χ3v) is 2.28. The molecule has 0 bridgehead atoms. The van der Waals surface area contributed by atoms with Gasteiger partial charge in [-0.25, -0.2) is 4.39 Å². The van der Waals surface area contributed by atoms with E-state index in [1.54, 1.807) is 6.92 Å². The maximum atomic E-state index is 13.0. The van der Waals surface area contributed by atoms with Crippen molar-refractivity contribution in [2.45, 2.75) is 32.4 Å². The van der Waals surface area contributed by atoms with E-state index in [4.69, 9.17) is 0 Å². The first-order valence-electron chi connectivity index (χ1n) is 3.27. The summed E-state index contributed by atoms with van der Waals surface area (Å²) in [6, 6.07) is 0. The number of carbonyl (C=O) groups is 1. The van der Waals surface area contributed by atoms with E-state index < -0.39 is 5.67 Å². The van der Waals surface area contributed by atoms with E-state index in [9.17, 15) is 9.18 Å². The smallest absolute Gasteiger partial charge is 0.169 e. The molecule has 0 radical (unpaired) electrons. The van der Waals surface area contributed by atoms with E-state index in [2.05, 4.69) is 0 Å². The van der Waals surface area contributed by atoms with Crippen LogP contribution in [0.5, 0.6) is 0 Å². The van der Waals surface area contributed by atoms with Gasteiger partial charge in [0.1, 0.15) is 0 Å². The zero-order valence-electron chi connectivity index (χ0n) is 5.78. The summed E-state index contributed by atoms with van der Waals surface area (Å²) < 4.78 is 13.0. The first-order chi connectivity index (χ1) is 4.05. The Morgan fingerprint density at radius 2 is 2.33 bits per heavy atom. The summed E-state index contributed by atoms with van der Waals surface area (Å²) >= 11 is 0. The molecule has 1 saturated carbocycles. The van der Waals surface area contributed by atoms with Crippen molar-refractivity contribution in [2.24, 2.45) is 5.92 Å². The van der Waals surface area contributed by atoms with Crippen molar-refractivity contribution in [3.05, 3.63) is 0 Å². The summed E-state index contributed by atoms with van der Waals surface area (Å²) in [5, 5.41) is 0. The van der Waals surface area contributed by atoms with Gasteiger partial charge in [-0.05, 0) is 19.3 Å². The molecule has 1 aliphatic carbocycles. The summed E-state index contributed by atoms with van der Waals surface area (Å²) in [6.45, 7) is 3.16. The topological polar surface area (TPSA) is 17.1 Å². The van der Waals surface area contributed by atoms with Crippen LogP contribution < -0.4 is 0 Å². The number of hydrogen-bond acceptors (Lipinski definition) is 1. The van der Waals surface area contributed by atoms with Gasteiger partial charge in [0.15, 0.2) is 11.5 Å². The molecule has 1 rings (SSSR count). The van der Waals surface area contributed by atoms with Gasteiger partial charge in [-0.15, -0.1) is 0 Å². The Labute approximate surface area is 54.3 Å². The Hall–Kier alpha value is -0.400. The van der Waals surface area contributed by atoms with Crippen molar-refractivity contribution in [1.29, 1.82) is 0 Å². The minimum Gasteiger partial charge on any atom is -0.296 e. The molecule has 0 N–H and O–H groups in total. The van der Waals surface area contributed by atoms with Crippen LogP contribution in [0, 0.1) is 5.92 Å². The van der Waals surface area contributed by atoms with Gasteiger partial charge < -0.3 is 0 Å². The van der Waals surface area contributed by atoms with E-state index >= 15 is 0 Å². The number of carbonyl (C=O) groups excluding carboxylic acids is 1. The minimum absolute atomic E-state index is 0.0787. The number of halogens is 1. The zero-order chi connectivity index (χ0) is 7.07. The van der Waals surface area contributed by atoms with Crippen LogP contribution in [-0.2, 0) is 4.79 Å². The SMILES string of the molecule is C[C@@H]1CCC(=O)[C@@]1(C)F. The molecule has 1 fully saturated rings. The quantitative estimate of drug-likeness (QED) is 0.488. The first-order valence-corrected chi connectivity index (χ1v) is 3.27. The molecule has 0 saturated heterocycles. The maximum Gasteiger partial charge on any atom is 0.169 e. The van der Waals surface area contributed by atoms with Crippen molar-refractivity contribution in [2.75, 3.05) is 0 Å². The number of Topliss-reactive ketones (excluding diaryl/α,β-unsaturated/α-hetero) is 1. The third-order valence-electron chi connectivity index (χ3n) is 2.28. The standard InChI is InChI=1S/C7H11FO/c1-5-3-4-6(9)7(5,2)8/h5H,3-4H2,1-2H3/t5-,7+/m1/s1. The highest BCUT2D eigenvalue weighted by atomic mass is 19.1. The van der Waals surface area contributed by atoms with Gasteiger partial charge in [0.25, 0.3) is 0 Å². The zero-order valence-corrected chi connectivity index (χ0v) is 5.78. The predicted molar refractivity (Wildman–Crippen MR) is 32.9 cm³/mol. The van der Waals surface area contributed by atoms with Crippen LogP contribution in [0.4, 0.5) is 4.39 Å². The fourth-order valence-electron chi connectivity index (χ4n) is 1.14. The van der Waals surface area contributed by atoms with Crippen molar-refractivity contribution in [3.8, 4) is 0 Å². The Kier molecular flexibility index (Phi) is 1.34. The molecule has 0 heterocycles. The van der Waals surface area contributed by atoms with Crippen LogP contribution in [0.2, 0.25) is 0 Å². The number of rotatable bonds is 0.